The Morgan fingerprint density at radius 1 is 1.16 bits per heavy atom. The van der Waals surface area contributed by atoms with E-state index in [1.165, 1.54) is 11.3 Å². The van der Waals surface area contributed by atoms with Gasteiger partial charge < -0.3 is 9.47 Å². The highest BCUT2D eigenvalue weighted by atomic mass is 32.1. The first-order valence-electron chi connectivity index (χ1n) is 8.04. The number of benzene rings is 2. The van der Waals surface area contributed by atoms with E-state index >= 15 is 0 Å². The Labute approximate surface area is 150 Å². The van der Waals surface area contributed by atoms with E-state index in [0.717, 1.165) is 21.7 Å². The maximum absolute atomic E-state index is 12.4. The van der Waals surface area contributed by atoms with Crippen LogP contribution in [0.1, 0.15) is 24.2 Å². The molecule has 1 amide bonds. The molecule has 0 unspecified atom stereocenters. The molecule has 0 aliphatic carbocycles. The fraction of sp³-hybridized carbons (Fsp3) is 0.263. The zero-order valence-electron chi connectivity index (χ0n) is 14.4. The zero-order chi connectivity index (χ0) is 17.8. The molecule has 1 heterocycles. The van der Waals surface area contributed by atoms with Gasteiger partial charge in [-0.2, -0.15) is 0 Å². The molecule has 0 radical (unpaired) electrons. The van der Waals surface area contributed by atoms with Crippen molar-refractivity contribution in [2.75, 3.05) is 19.0 Å². The minimum absolute atomic E-state index is 0.193. The average molecular weight is 356 g/mol. The summed E-state index contributed by atoms with van der Waals surface area (Å²) in [5.41, 5.74) is 1.40. The highest BCUT2D eigenvalue weighted by molar-refractivity contribution is 7.22. The number of fused-ring (bicyclic) bond motifs is 1. The first-order valence-corrected chi connectivity index (χ1v) is 8.85. The van der Waals surface area contributed by atoms with Crippen molar-refractivity contribution >= 4 is 32.6 Å². The van der Waals surface area contributed by atoms with Gasteiger partial charge in [-0.05, 0) is 48.4 Å². The average Bonchev–Trinajstić information content (AvgIpc) is 3.01. The van der Waals surface area contributed by atoms with Gasteiger partial charge in [0.15, 0.2) is 5.13 Å². The summed E-state index contributed by atoms with van der Waals surface area (Å²) in [7, 11) is 1.62. The van der Waals surface area contributed by atoms with Gasteiger partial charge in [0.05, 0.1) is 23.9 Å². The lowest BCUT2D eigenvalue weighted by Gasteiger charge is -2.09. The molecule has 3 aromatic rings. The molecular weight excluding hydrogens is 336 g/mol. The number of methoxy groups -OCH3 is 1. The zero-order valence-corrected chi connectivity index (χ0v) is 15.2. The van der Waals surface area contributed by atoms with Gasteiger partial charge in [-0.25, -0.2) is 4.98 Å². The van der Waals surface area contributed by atoms with Gasteiger partial charge in [0.1, 0.15) is 11.5 Å². The molecule has 5 nitrogen and oxygen atoms in total. The SMILES string of the molecule is COc1ccc2nc(NC(=O)c3ccc(OCC(C)C)cc3)sc2c1. The van der Waals surface area contributed by atoms with Crippen LogP contribution < -0.4 is 14.8 Å². The van der Waals surface area contributed by atoms with Gasteiger partial charge in [0.25, 0.3) is 5.91 Å². The number of carbonyl (C=O) groups is 1. The van der Waals surface area contributed by atoms with Crippen LogP contribution in [0.25, 0.3) is 10.2 Å². The summed E-state index contributed by atoms with van der Waals surface area (Å²) in [4.78, 5) is 16.8. The van der Waals surface area contributed by atoms with Gasteiger partial charge in [0, 0.05) is 5.56 Å². The number of amides is 1. The van der Waals surface area contributed by atoms with Crippen LogP contribution in [0.15, 0.2) is 42.5 Å². The number of hydrogen-bond donors (Lipinski definition) is 1. The van der Waals surface area contributed by atoms with Gasteiger partial charge >= 0.3 is 0 Å². The molecule has 0 fully saturated rings. The minimum atomic E-state index is -0.193. The van der Waals surface area contributed by atoms with Crippen molar-refractivity contribution in [2.24, 2.45) is 5.92 Å². The van der Waals surface area contributed by atoms with Crippen molar-refractivity contribution in [3.8, 4) is 11.5 Å². The van der Waals surface area contributed by atoms with Crippen LogP contribution in [0.2, 0.25) is 0 Å². The van der Waals surface area contributed by atoms with Gasteiger partial charge in [0.2, 0.25) is 0 Å². The van der Waals surface area contributed by atoms with Crippen molar-refractivity contribution in [3.63, 3.8) is 0 Å². The third-order valence-electron chi connectivity index (χ3n) is 3.52. The van der Waals surface area contributed by atoms with Crippen molar-refractivity contribution in [1.82, 2.24) is 4.98 Å². The lowest BCUT2D eigenvalue weighted by atomic mass is 10.2. The van der Waals surface area contributed by atoms with Crippen LogP contribution in [-0.2, 0) is 0 Å². The molecule has 2 aromatic carbocycles. The number of nitrogens with one attached hydrogen (secondary N) is 1. The van der Waals surface area contributed by atoms with Crippen molar-refractivity contribution in [2.45, 2.75) is 13.8 Å². The summed E-state index contributed by atoms with van der Waals surface area (Å²) in [6, 6.07) is 12.7. The van der Waals surface area contributed by atoms with E-state index in [9.17, 15) is 4.79 Å². The number of carbonyl (C=O) groups excluding carboxylic acids is 1. The largest absolute Gasteiger partial charge is 0.497 e. The third-order valence-corrected chi connectivity index (χ3v) is 4.45. The summed E-state index contributed by atoms with van der Waals surface area (Å²) < 4.78 is 11.8. The van der Waals surface area contributed by atoms with Gasteiger partial charge in [-0.15, -0.1) is 0 Å². The predicted octanol–water partition coefficient (Wildman–Crippen LogP) is 4.59. The maximum atomic E-state index is 12.4. The number of nitrogens with zero attached hydrogens (tertiary/aromatic N) is 1. The van der Waals surface area contributed by atoms with Crippen LogP contribution in [0.5, 0.6) is 11.5 Å². The Morgan fingerprint density at radius 2 is 1.88 bits per heavy atom. The van der Waals surface area contributed by atoms with E-state index in [1.807, 2.05) is 18.2 Å². The molecule has 3 rings (SSSR count). The monoisotopic (exact) mass is 356 g/mol. The van der Waals surface area contributed by atoms with E-state index in [0.29, 0.717) is 23.2 Å². The topological polar surface area (TPSA) is 60.5 Å². The highest BCUT2D eigenvalue weighted by Crippen LogP contribution is 2.29. The van der Waals surface area contributed by atoms with E-state index in [-0.39, 0.29) is 5.91 Å². The minimum Gasteiger partial charge on any atom is -0.497 e. The molecule has 6 heteroatoms. The maximum Gasteiger partial charge on any atom is 0.257 e. The Morgan fingerprint density at radius 3 is 2.56 bits per heavy atom. The summed E-state index contributed by atoms with van der Waals surface area (Å²) in [6.45, 7) is 4.84. The number of hydrogen-bond acceptors (Lipinski definition) is 5. The Kier molecular flexibility index (Phi) is 5.19. The second-order valence-electron chi connectivity index (χ2n) is 6.04. The summed E-state index contributed by atoms with van der Waals surface area (Å²) in [6.07, 6.45) is 0. The van der Waals surface area contributed by atoms with E-state index in [4.69, 9.17) is 9.47 Å². The lowest BCUT2D eigenvalue weighted by molar-refractivity contribution is 0.102. The molecule has 1 aromatic heterocycles. The van der Waals surface area contributed by atoms with E-state index in [1.54, 1.807) is 31.4 Å². The molecule has 1 N–H and O–H groups in total. The lowest BCUT2D eigenvalue weighted by Crippen LogP contribution is -2.11. The van der Waals surface area contributed by atoms with Crippen LogP contribution in [0.3, 0.4) is 0 Å². The number of anilines is 1. The molecule has 0 spiro atoms. The quantitative estimate of drug-likeness (QED) is 0.702. The molecule has 0 atom stereocenters. The molecule has 25 heavy (non-hydrogen) atoms. The molecule has 0 saturated heterocycles. The Balaban J connectivity index is 1.69. The fourth-order valence-electron chi connectivity index (χ4n) is 2.22. The molecule has 0 saturated carbocycles. The Hall–Kier alpha value is -2.60. The van der Waals surface area contributed by atoms with Crippen LogP contribution in [-0.4, -0.2) is 24.6 Å². The number of rotatable bonds is 6. The van der Waals surface area contributed by atoms with E-state index in [2.05, 4.69) is 24.1 Å². The van der Waals surface area contributed by atoms with Crippen molar-refractivity contribution in [3.05, 3.63) is 48.0 Å². The number of thiazole rings is 1. The number of aromatic nitrogens is 1. The first kappa shape index (κ1) is 17.2. The third kappa shape index (κ3) is 4.28. The normalized spacial score (nSPS) is 10.9. The van der Waals surface area contributed by atoms with Crippen LogP contribution in [0.4, 0.5) is 5.13 Å². The second-order valence-corrected chi connectivity index (χ2v) is 7.07. The summed E-state index contributed by atoms with van der Waals surface area (Å²) >= 11 is 1.42. The number of ether oxygens (including phenoxy) is 2. The van der Waals surface area contributed by atoms with E-state index < -0.39 is 0 Å². The van der Waals surface area contributed by atoms with Gasteiger partial charge in [-0.3, -0.25) is 10.1 Å². The summed E-state index contributed by atoms with van der Waals surface area (Å²) in [5, 5.41) is 3.40. The highest BCUT2D eigenvalue weighted by Gasteiger charge is 2.11. The van der Waals surface area contributed by atoms with Crippen LogP contribution in [0, 0.1) is 5.92 Å². The molecule has 130 valence electrons. The predicted molar refractivity (Wildman–Crippen MR) is 101 cm³/mol. The molecule has 0 aliphatic rings. The van der Waals surface area contributed by atoms with Crippen LogP contribution >= 0.6 is 11.3 Å². The van der Waals surface area contributed by atoms with Crippen molar-refractivity contribution < 1.29 is 14.3 Å². The smallest absolute Gasteiger partial charge is 0.257 e. The van der Waals surface area contributed by atoms with Gasteiger partial charge in [-0.1, -0.05) is 25.2 Å². The molecule has 0 bridgehead atoms. The standard InChI is InChI=1S/C19H20N2O3S/c1-12(2)11-24-14-6-4-13(5-7-14)18(22)21-19-20-16-9-8-15(23-3)10-17(16)25-19/h4-10,12H,11H2,1-3H3,(H,20,21,22). The second kappa shape index (κ2) is 7.53. The summed E-state index contributed by atoms with van der Waals surface area (Å²) in [5.74, 6) is 1.80. The Bertz CT molecular complexity index is 872. The first-order chi connectivity index (χ1) is 12.0. The van der Waals surface area contributed by atoms with Crippen molar-refractivity contribution in [1.29, 1.82) is 0 Å². The molecular formula is C19H20N2O3S. The molecule has 0 aliphatic heterocycles. The fourth-order valence-corrected chi connectivity index (χ4v) is 3.11.